The van der Waals surface area contributed by atoms with Gasteiger partial charge in [-0.25, -0.2) is 4.39 Å². The summed E-state index contributed by atoms with van der Waals surface area (Å²) < 4.78 is 18.6. The van der Waals surface area contributed by atoms with Gasteiger partial charge in [-0.3, -0.25) is 0 Å². The maximum atomic E-state index is 13.3. The summed E-state index contributed by atoms with van der Waals surface area (Å²) in [5.41, 5.74) is 0. The van der Waals surface area contributed by atoms with Gasteiger partial charge in [0.1, 0.15) is 6.17 Å². The van der Waals surface area contributed by atoms with Crippen molar-refractivity contribution in [3.05, 3.63) is 12.2 Å². The summed E-state index contributed by atoms with van der Waals surface area (Å²) in [6, 6.07) is 0. The van der Waals surface area contributed by atoms with Crippen molar-refractivity contribution in [2.24, 2.45) is 11.8 Å². The minimum absolute atomic E-state index is 0.0235. The lowest BCUT2D eigenvalue weighted by Gasteiger charge is -2.21. The molecule has 0 aliphatic heterocycles. The molecule has 0 saturated heterocycles. The van der Waals surface area contributed by atoms with Gasteiger partial charge in [0.05, 0.1) is 19.3 Å². The van der Waals surface area contributed by atoms with Crippen LogP contribution in [0.4, 0.5) is 4.39 Å². The van der Waals surface area contributed by atoms with E-state index in [0.29, 0.717) is 0 Å². The summed E-state index contributed by atoms with van der Waals surface area (Å²) in [5, 5.41) is 8.52. The normalized spacial score (nSPS) is 44.2. The number of allylic oxidation sites excluding steroid dienone is 1. The minimum atomic E-state index is -0.855. The molecule has 0 aromatic heterocycles. The van der Waals surface area contributed by atoms with Crippen LogP contribution in [-0.2, 0) is 4.74 Å². The molecule has 2 aliphatic rings. The highest BCUT2D eigenvalue weighted by atomic mass is 19.1. The molecule has 12 heavy (non-hydrogen) atoms. The predicted molar refractivity (Wildman–Crippen MR) is 42.5 cm³/mol. The molecule has 2 rings (SSSR count). The Morgan fingerprint density at radius 2 is 2.17 bits per heavy atom. The van der Waals surface area contributed by atoms with E-state index in [1.807, 2.05) is 12.2 Å². The average molecular weight is 172 g/mol. The molecule has 0 heterocycles. The number of aliphatic hydroxyl groups is 1. The predicted octanol–water partition coefficient (Wildman–Crippen LogP) is 0.908. The first-order valence-corrected chi connectivity index (χ1v) is 4.38. The number of fused-ring (bicyclic) bond motifs is 2. The molecule has 2 nitrogen and oxygen atoms in total. The first-order chi connectivity index (χ1) is 5.83. The standard InChI is InChI=1S/C9H13FO2/c10-8-6-1-2-7(5-6)9(8)12-4-3-11/h1-2,6-9,11H,3-5H2. The van der Waals surface area contributed by atoms with Gasteiger partial charge in [-0.1, -0.05) is 12.2 Å². The van der Waals surface area contributed by atoms with Gasteiger partial charge in [-0.05, 0) is 6.42 Å². The van der Waals surface area contributed by atoms with E-state index < -0.39 is 6.17 Å². The lowest BCUT2D eigenvalue weighted by molar-refractivity contribution is -0.0230. The Morgan fingerprint density at radius 3 is 2.75 bits per heavy atom. The lowest BCUT2D eigenvalue weighted by Crippen LogP contribution is -2.30. The number of ether oxygens (including phenoxy) is 1. The highest BCUT2D eigenvalue weighted by Crippen LogP contribution is 2.42. The number of halogens is 1. The van der Waals surface area contributed by atoms with E-state index in [1.165, 1.54) is 0 Å². The van der Waals surface area contributed by atoms with Gasteiger partial charge in [0.2, 0.25) is 0 Å². The highest BCUT2D eigenvalue weighted by Gasteiger charge is 2.45. The first kappa shape index (κ1) is 8.20. The first-order valence-electron chi connectivity index (χ1n) is 4.38. The highest BCUT2D eigenvalue weighted by molar-refractivity contribution is 5.15. The van der Waals surface area contributed by atoms with Crippen molar-refractivity contribution in [3.8, 4) is 0 Å². The quantitative estimate of drug-likeness (QED) is 0.641. The van der Waals surface area contributed by atoms with E-state index >= 15 is 0 Å². The van der Waals surface area contributed by atoms with Crippen LogP contribution in [0.15, 0.2) is 12.2 Å². The molecule has 4 unspecified atom stereocenters. The van der Waals surface area contributed by atoms with Crippen LogP contribution < -0.4 is 0 Å². The Balaban J connectivity index is 1.94. The molecule has 0 spiro atoms. The summed E-state index contributed by atoms with van der Waals surface area (Å²) >= 11 is 0. The molecular formula is C9H13FO2. The van der Waals surface area contributed by atoms with Gasteiger partial charge in [0, 0.05) is 11.8 Å². The molecule has 2 bridgehead atoms. The minimum Gasteiger partial charge on any atom is -0.394 e. The summed E-state index contributed by atoms with van der Waals surface area (Å²) in [6.07, 6.45) is 3.70. The molecule has 68 valence electrons. The lowest BCUT2D eigenvalue weighted by atomic mass is 10.0. The van der Waals surface area contributed by atoms with Crippen LogP contribution in [0.3, 0.4) is 0 Å². The van der Waals surface area contributed by atoms with Gasteiger partial charge >= 0.3 is 0 Å². The van der Waals surface area contributed by atoms with Crippen LogP contribution in [0.1, 0.15) is 6.42 Å². The Bertz CT molecular complexity index is 193. The number of alkyl halides is 1. The molecule has 4 atom stereocenters. The summed E-state index contributed by atoms with van der Waals surface area (Å²) in [4.78, 5) is 0. The Kier molecular flexibility index (Phi) is 2.15. The number of aliphatic hydroxyl groups excluding tert-OH is 1. The molecule has 1 saturated carbocycles. The zero-order chi connectivity index (χ0) is 8.55. The SMILES string of the molecule is OCCOC1C2C=CC(C2)C1F. The van der Waals surface area contributed by atoms with Crippen LogP contribution in [0.25, 0.3) is 0 Å². The van der Waals surface area contributed by atoms with Crippen LogP contribution in [0, 0.1) is 11.8 Å². The second kappa shape index (κ2) is 3.15. The van der Waals surface area contributed by atoms with Crippen LogP contribution in [0.2, 0.25) is 0 Å². The largest absolute Gasteiger partial charge is 0.394 e. The average Bonchev–Trinajstić information content (AvgIpc) is 2.62. The summed E-state index contributed by atoms with van der Waals surface area (Å²) in [5.74, 6) is 0.315. The maximum absolute atomic E-state index is 13.3. The van der Waals surface area contributed by atoms with Crippen molar-refractivity contribution >= 4 is 0 Å². The van der Waals surface area contributed by atoms with Gasteiger partial charge in [0.25, 0.3) is 0 Å². The Morgan fingerprint density at radius 1 is 1.42 bits per heavy atom. The van der Waals surface area contributed by atoms with E-state index in [0.717, 1.165) is 6.42 Å². The van der Waals surface area contributed by atoms with E-state index in [2.05, 4.69) is 0 Å². The zero-order valence-electron chi connectivity index (χ0n) is 6.82. The molecule has 1 fully saturated rings. The second-order valence-corrected chi connectivity index (χ2v) is 3.45. The smallest absolute Gasteiger partial charge is 0.133 e. The topological polar surface area (TPSA) is 29.5 Å². The van der Waals surface area contributed by atoms with Gasteiger partial charge in [-0.15, -0.1) is 0 Å². The number of hydrogen-bond donors (Lipinski definition) is 1. The van der Waals surface area contributed by atoms with E-state index in [-0.39, 0.29) is 31.2 Å². The third-order valence-electron chi connectivity index (χ3n) is 2.70. The van der Waals surface area contributed by atoms with E-state index in [9.17, 15) is 4.39 Å². The van der Waals surface area contributed by atoms with E-state index in [4.69, 9.17) is 9.84 Å². The fourth-order valence-corrected chi connectivity index (χ4v) is 2.12. The van der Waals surface area contributed by atoms with Gasteiger partial charge < -0.3 is 9.84 Å². The van der Waals surface area contributed by atoms with Crippen molar-refractivity contribution in [1.29, 1.82) is 0 Å². The van der Waals surface area contributed by atoms with Crippen molar-refractivity contribution in [2.45, 2.75) is 18.7 Å². The van der Waals surface area contributed by atoms with Crippen molar-refractivity contribution in [1.82, 2.24) is 0 Å². The number of hydrogen-bond acceptors (Lipinski definition) is 2. The molecule has 0 amide bonds. The third-order valence-corrected chi connectivity index (χ3v) is 2.70. The van der Waals surface area contributed by atoms with Crippen molar-refractivity contribution < 1.29 is 14.2 Å². The molecule has 0 aromatic carbocycles. The maximum Gasteiger partial charge on any atom is 0.133 e. The summed E-state index contributed by atoms with van der Waals surface area (Å²) in [6.45, 7) is 0.229. The van der Waals surface area contributed by atoms with Gasteiger partial charge in [0.15, 0.2) is 0 Å². The molecule has 2 aliphatic carbocycles. The van der Waals surface area contributed by atoms with Crippen LogP contribution in [-0.4, -0.2) is 30.6 Å². The second-order valence-electron chi connectivity index (χ2n) is 3.45. The Labute approximate surface area is 71.0 Å². The third kappa shape index (κ3) is 1.17. The van der Waals surface area contributed by atoms with Crippen molar-refractivity contribution in [2.75, 3.05) is 13.2 Å². The molecule has 1 N–H and O–H groups in total. The molecule has 3 heteroatoms. The Hall–Kier alpha value is -0.410. The monoisotopic (exact) mass is 172 g/mol. The fraction of sp³-hybridized carbons (Fsp3) is 0.778. The van der Waals surface area contributed by atoms with Gasteiger partial charge in [-0.2, -0.15) is 0 Å². The zero-order valence-corrected chi connectivity index (χ0v) is 6.82. The van der Waals surface area contributed by atoms with Crippen LogP contribution in [0.5, 0.6) is 0 Å². The molecule has 0 aromatic rings. The van der Waals surface area contributed by atoms with Crippen LogP contribution >= 0.6 is 0 Å². The fourth-order valence-electron chi connectivity index (χ4n) is 2.12. The molecule has 0 radical (unpaired) electrons. The molecular weight excluding hydrogens is 159 g/mol. The summed E-state index contributed by atoms with van der Waals surface area (Å²) in [7, 11) is 0. The van der Waals surface area contributed by atoms with Crippen molar-refractivity contribution in [3.63, 3.8) is 0 Å². The van der Waals surface area contributed by atoms with E-state index in [1.54, 1.807) is 0 Å². The number of rotatable bonds is 3.